The van der Waals surface area contributed by atoms with Gasteiger partial charge >= 0.3 is 0 Å². The molecule has 0 fully saturated rings. The molecule has 0 aliphatic rings. The van der Waals surface area contributed by atoms with Crippen LogP contribution in [-0.2, 0) is 24.3 Å². The number of rotatable bonds is 8. The molecule has 2 rings (SSSR count). The Labute approximate surface area is 121 Å². The van der Waals surface area contributed by atoms with Crippen molar-refractivity contribution in [1.29, 1.82) is 0 Å². The molecule has 2 aromatic rings. The van der Waals surface area contributed by atoms with Gasteiger partial charge in [-0.25, -0.2) is 0 Å². The largest absolute Gasteiger partial charge is 0.377 e. The molecule has 1 aromatic heterocycles. The van der Waals surface area contributed by atoms with E-state index in [9.17, 15) is 0 Å². The Morgan fingerprint density at radius 1 is 1.05 bits per heavy atom. The maximum absolute atomic E-state index is 5.50. The first-order chi connectivity index (χ1) is 9.90. The zero-order chi connectivity index (χ0) is 14.0. The summed E-state index contributed by atoms with van der Waals surface area (Å²) in [5, 5.41) is 3.47. The molecule has 0 aliphatic carbocycles. The van der Waals surface area contributed by atoms with Crippen molar-refractivity contribution in [3.8, 4) is 0 Å². The van der Waals surface area contributed by atoms with Crippen LogP contribution in [0.4, 0.5) is 0 Å². The van der Waals surface area contributed by atoms with Crippen molar-refractivity contribution >= 4 is 0 Å². The molecule has 3 heteroatoms. The average Bonchev–Trinajstić information content (AvgIpc) is 2.51. The Bertz CT molecular complexity index is 499. The lowest BCUT2D eigenvalue weighted by Gasteiger charge is -2.10. The van der Waals surface area contributed by atoms with Gasteiger partial charge in [0.1, 0.15) is 0 Å². The predicted molar refractivity (Wildman–Crippen MR) is 81.4 cm³/mol. The molecule has 0 bridgehead atoms. The van der Waals surface area contributed by atoms with Crippen molar-refractivity contribution in [3.63, 3.8) is 0 Å². The topological polar surface area (TPSA) is 34.1 Å². The number of benzene rings is 1. The van der Waals surface area contributed by atoms with E-state index in [4.69, 9.17) is 4.74 Å². The van der Waals surface area contributed by atoms with Gasteiger partial charge in [0.2, 0.25) is 0 Å². The molecular weight excluding hydrogens is 248 g/mol. The summed E-state index contributed by atoms with van der Waals surface area (Å²) in [6.07, 6.45) is 2.79. The highest BCUT2D eigenvalue weighted by molar-refractivity contribution is 5.26. The van der Waals surface area contributed by atoms with Crippen LogP contribution < -0.4 is 5.32 Å². The molecule has 0 atom stereocenters. The van der Waals surface area contributed by atoms with E-state index < -0.39 is 0 Å². The number of ether oxygens (including phenoxy) is 1. The van der Waals surface area contributed by atoms with Crippen LogP contribution >= 0.6 is 0 Å². The molecule has 0 spiro atoms. The van der Waals surface area contributed by atoms with Gasteiger partial charge in [-0.1, -0.05) is 30.3 Å². The van der Waals surface area contributed by atoms with Crippen LogP contribution in [-0.4, -0.2) is 18.1 Å². The summed E-state index contributed by atoms with van der Waals surface area (Å²) in [4.78, 5) is 4.32. The summed E-state index contributed by atoms with van der Waals surface area (Å²) < 4.78 is 5.50. The van der Waals surface area contributed by atoms with Crippen LogP contribution in [0, 0.1) is 0 Å². The van der Waals surface area contributed by atoms with Crippen LogP contribution in [0.5, 0.6) is 0 Å². The number of hydrogen-bond acceptors (Lipinski definition) is 3. The summed E-state index contributed by atoms with van der Waals surface area (Å²) in [6.45, 7) is 5.26. The van der Waals surface area contributed by atoms with Gasteiger partial charge in [0, 0.05) is 38.0 Å². The normalized spacial score (nSPS) is 10.7. The number of nitrogens with one attached hydrogen (secondary N) is 1. The van der Waals surface area contributed by atoms with Crippen LogP contribution in [0.15, 0.2) is 48.7 Å². The number of nitrogens with zero attached hydrogens (tertiary/aromatic N) is 1. The summed E-state index contributed by atoms with van der Waals surface area (Å²) in [5.41, 5.74) is 3.70. The van der Waals surface area contributed by atoms with Crippen molar-refractivity contribution in [2.45, 2.75) is 26.5 Å². The Kier molecular flexibility index (Phi) is 6.21. The summed E-state index contributed by atoms with van der Waals surface area (Å²) in [7, 11) is 0. The van der Waals surface area contributed by atoms with Gasteiger partial charge in [-0.05, 0) is 30.2 Å². The van der Waals surface area contributed by atoms with E-state index in [2.05, 4.69) is 40.6 Å². The predicted octanol–water partition coefficient (Wildman–Crippen LogP) is 2.95. The van der Waals surface area contributed by atoms with E-state index in [-0.39, 0.29) is 0 Å². The van der Waals surface area contributed by atoms with Crippen molar-refractivity contribution in [2.24, 2.45) is 0 Å². The van der Waals surface area contributed by atoms with Gasteiger partial charge in [0.25, 0.3) is 0 Å². The Morgan fingerprint density at radius 2 is 1.85 bits per heavy atom. The van der Waals surface area contributed by atoms with Crippen molar-refractivity contribution in [1.82, 2.24) is 10.3 Å². The van der Waals surface area contributed by atoms with Gasteiger partial charge in [-0.3, -0.25) is 4.98 Å². The summed E-state index contributed by atoms with van der Waals surface area (Å²) in [5.74, 6) is 0. The third-order valence-electron chi connectivity index (χ3n) is 3.18. The van der Waals surface area contributed by atoms with E-state index in [0.29, 0.717) is 6.61 Å². The lowest BCUT2D eigenvalue weighted by atomic mass is 10.1. The number of aromatic nitrogens is 1. The van der Waals surface area contributed by atoms with Crippen molar-refractivity contribution in [3.05, 3.63) is 65.5 Å². The standard InChI is InChI=1S/C17H22N2O/c1-2-20-14-16-8-4-3-7-15(16)13-18-12-10-17-9-5-6-11-19-17/h3-9,11,18H,2,10,12-14H2,1H3. The number of hydrogen-bond donors (Lipinski definition) is 1. The Hall–Kier alpha value is -1.71. The molecule has 1 N–H and O–H groups in total. The van der Waals surface area contributed by atoms with Gasteiger partial charge < -0.3 is 10.1 Å². The van der Waals surface area contributed by atoms with E-state index in [1.54, 1.807) is 0 Å². The second-order valence-electron chi connectivity index (χ2n) is 4.65. The van der Waals surface area contributed by atoms with E-state index >= 15 is 0 Å². The maximum Gasteiger partial charge on any atom is 0.0719 e. The Balaban J connectivity index is 1.79. The first-order valence-electron chi connectivity index (χ1n) is 7.15. The lowest BCUT2D eigenvalue weighted by molar-refractivity contribution is 0.133. The highest BCUT2D eigenvalue weighted by Crippen LogP contribution is 2.10. The first kappa shape index (κ1) is 14.7. The lowest BCUT2D eigenvalue weighted by Crippen LogP contribution is -2.18. The zero-order valence-corrected chi connectivity index (χ0v) is 12.0. The molecule has 0 unspecified atom stereocenters. The molecule has 0 radical (unpaired) electrons. The number of pyridine rings is 1. The maximum atomic E-state index is 5.50. The van der Waals surface area contributed by atoms with Crippen LogP contribution in [0.25, 0.3) is 0 Å². The molecule has 0 amide bonds. The van der Waals surface area contributed by atoms with Gasteiger partial charge in [-0.15, -0.1) is 0 Å². The van der Waals surface area contributed by atoms with E-state index in [1.165, 1.54) is 11.1 Å². The zero-order valence-electron chi connectivity index (χ0n) is 12.0. The van der Waals surface area contributed by atoms with Gasteiger partial charge in [0.15, 0.2) is 0 Å². The fourth-order valence-corrected chi connectivity index (χ4v) is 2.07. The Morgan fingerprint density at radius 3 is 2.60 bits per heavy atom. The minimum atomic E-state index is 0.689. The summed E-state index contributed by atoms with van der Waals surface area (Å²) in [6, 6.07) is 14.5. The first-order valence-corrected chi connectivity index (χ1v) is 7.15. The molecular formula is C17H22N2O. The molecule has 106 valence electrons. The molecule has 20 heavy (non-hydrogen) atoms. The molecule has 0 saturated heterocycles. The van der Waals surface area contributed by atoms with Crippen molar-refractivity contribution < 1.29 is 4.74 Å². The monoisotopic (exact) mass is 270 g/mol. The second kappa shape index (κ2) is 8.46. The molecule has 1 aromatic carbocycles. The van der Waals surface area contributed by atoms with Crippen LogP contribution in [0.2, 0.25) is 0 Å². The fourth-order valence-electron chi connectivity index (χ4n) is 2.07. The highest BCUT2D eigenvalue weighted by Gasteiger charge is 2.01. The molecule has 3 nitrogen and oxygen atoms in total. The fraction of sp³-hybridized carbons (Fsp3) is 0.353. The molecule has 1 heterocycles. The molecule has 0 aliphatic heterocycles. The smallest absolute Gasteiger partial charge is 0.0719 e. The van der Waals surface area contributed by atoms with E-state index in [0.717, 1.165) is 31.8 Å². The minimum Gasteiger partial charge on any atom is -0.377 e. The van der Waals surface area contributed by atoms with Gasteiger partial charge in [-0.2, -0.15) is 0 Å². The quantitative estimate of drug-likeness (QED) is 0.749. The minimum absolute atomic E-state index is 0.689. The highest BCUT2D eigenvalue weighted by atomic mass is 16.5. The van der Waals surface area contributed by atoms with Crippen LogP contribution in [0.3, 0.4) is 0 Å². The third-order valence-corrected chi connectivity index (χ3v) is 3.18. The third kappa shape index (κ3) is 4.76. The van der Waals surface area contributed by atoms with Crippen LogP contribution in [0.1, 0.15) is 23.7 Å². The SMILES string of the molecule is CCOCc1ccccc1CNCCc1ccccn1. The van der Waals surface area contributed by atoms with E-state index in [1.807, 2.05) is 25.3 Å². The second-order valence-corrected chi connectivity index (χ2v) is 4.65. The summed E-state index contributed by atoms with van der Waals surface area (Å²) >= 11 is 0. The van der Waals surface area contributed by atoms with Gasteiger partial charge in [0.05, 0.1) is 6.61 Å². The van der Waals surface area contributed by atoms with Crippen molar-refractivity contribution in [2.75, 3.05) is 13.2 Å². The molecule has 0 saturated carbocycles. The average molecular weight is 270 g/mol.